The van der Waals surface area contributed by atoms with Gasteiger partial charge in [0.15, 0.2) is 5.65 Å². The zero-order valence-corrected chi connectivity index (χ0v) is 13.9. The lowest BCUT2D eigenvalue weighted by Gasteiger charge is -2.21. The van der Waals surface area contributed by atoms with Crippen molar-refractivity contribution >= 4 is 16.9 Å². The van der Waals surface area contributed by atoms with E-state index < -0.39 is 0 Å². The SMILES string of the molecule is Cc1cc(C(=O)N2CCC[C@@H](C)CC2)c2c(C)nn(C)c2n1. The summed E-state index contributed by atoms with van der Waals surface area (Å²) < 4.78 is 1.76. The Morgan fingerprint density at radius 2 is 2.05 bits per heavy atom. The van der Waals surface area contributed by atoms with E-state index in [0.717, 1.165) is 53.9 Å². The number of aromatic nitrogens is 3. The number of hydrogen-bond donors (Lipinski definition) is 0. The maximum Gasteiger partial charge on any atom is 0.254 e. The van der Waals surface area contributed by atoms with Gasteiger partial charge in [0, 0.05) is 25.8 Å². The van der Waals surface area contributed by atoms with Gasteiger partial charge in [0.2, 0.25) is 0 Å². The van der Waals surface area contributed by atoms with Crippen molar-refractivity contribution in [3.05, 3.63) is 23.0 Å². The second-order valence-electron chi connectivity index (χ2n) is 6.55. The quantitative estimate of drug-likeness (QED) is 0.813. The summed E-state index contributed by atoms with van der Waals surface area (Å²) in [5.74, 6) is 0.831. The fourth-order valence-corrected chi connectivity index (χ4v) is 3.38. The van der Waals surface area contributed by atoms with Crippen LogP contribution in [-0.4, -0.2) is 38.7 Å². The molecule has 2 aromatic heterocycles. The smallest absolute Gasteiger partial charge is 0.254 e. The van der Waals surface area contributed by atoms with E-state index in [2.05, 4.69) is 17.0 Å². The van der Waals surface area contributed by atoms with Crippen LogP contribution in [-0.2, 0) is 7.05 Å². The number of carbonyl (C=O) groups excluding carboxylic acids is 1. The molecule has 0 unspecified atom stereocenters. The van der Waals surface area contributed by atoms with E-state index >= 15 is 0 Å². The van der Waals surface area contributed by atoms with Crippen LogP contribution in [0.15, 0.2) is 6.07 Å². The molecule has 5 nitrogen and oxygen atoms in total. The Morgan fingerprint density at radius 3 is 2.82 bits per heavy atom. The highest BCUT2D eigenvalue weighted by Gasteiger charge is 2.24. The lowest BCUT2D eigenvalue weighted by molar-refractivity contribution is 0.0762. The summed E-state index contributed by atoms with van der Waals surface area (Å²) >= 11 is 0. The topological polar surface area (TPSA) is 51.0 Å². The average Bonchev–Trinajstić information content (AvgIpc) is 2.65. The second-order valence-corrected chi connectivity index (χ2v) is 6.55. The van der Waals surface area contributed by atoms with Crippen molar-refractivity contribution in [2.75, 3.05) is 13.1 Å². The lowest BCUT2D eigenvalue weighted by atomic mass is 10.0. The van der Waals surface area contributed by atoms with Gasteiger partial charge < -0.3 is 4.90 Å². The van der Waals surface area contributed by atoms with Crippen molar-refractivity contribution < 1.29 is 4.79 Å². The summed E-state index contributed by atoms with van der Waals surface area (Å²) in [5.41, 5.74) is 3.28. The zero-order valence-electron chi connectivity index (χ0n) is 13.9. The first-order chi connectivity index (χ1) is 10.5. The molecule has 2 aromatic rings. The predicted molar refractivity (Wildman–Crippen MR) is 86.9 cm³/mol. The summed E-state index contributed by atoms with van der Waals surface area (Å²) in [6, 6.07) is 1.91. The van der Waals surface area contributed by atoms with Crippen molar-refractivity contribution in [1.29, 1.82) is 0 Å². The molecule has 0 N–H and O–H groups in total. The van der Waals surface area contributed by atoms with Crippen LogP contribution >= 0.6 is 0 Å². The number of hydrogen-bond acceptors (Lipinski definition) is 3. The Morgan fingerprint density at radius 1 is 1.27 bits per heavy atom. The Labute approximate surface area is 131 Å². The predicted octanol–water partition coefficient (Wildman–Crippen LogP) is 2.85. The Bertz CT molecular complexity index is 719. The van der Waals surface area contributed by atoms with Gasteiger partial charge in [-0.25, -0.2) is 4.98 Å². The van der Waals surface area contributed by atoms with Crippen LogP contribution in [0.2, 0.25) is 0 Å². The number of fused-ring (bicyclic) bond motifs is 1. The van der Waals surface area contributed by atoms with Crippen LogP contribution in [0.25, 0.3) is 11.0 Å². The molecule has 0 saturated carbocycles. The number of pyridine rings is 1. The largest absolute Gasteiger partial charge is 0.339 e. The highest BCUT2D eigenvalue weighted by Crippen LogP contribution is 2.25. The van der Waals surface area contributed by atoms with Crippen LogP contribution in [0, 0.1) is 19.8 Å². The van der Waals surface area contributed by atoms with Crippen LogP contribution in [0.3, 0.4) is 0 Å². The molecule has 1 aliphatic heterocycles. The Balaban J connectivity index is 2.03. The molecular formula is C17H24N4O. The third kappa shape index (κ3) is 2.60. The van der Waals surface area contributed by atoms with Gasteiger partial charge in [0.05, 0.1) is 16.6 Å². The first-order valence-electron chi connectivity index (χ1n) is 8.07. The lowest BCUT2D eigenvalue weighted by Crippen LogP contribution is -2.32. The van der Waals surface area contributed by atoms with Crippen LogP contribution in [0.4, 0.5) is 0 Å². The number of carbonyl (C=O) groups is 1. The van der Waals surface area contributed by atoms with Gasteiger partial charge >= 0.3 is 0 Å². The fraction of sp³-hybridized carbons (Fsp3) is 0.588. The van der Waals surface area contributed by atoms with Gasteiger partial charge in [-0.15, -0.1) is 0 Å². The average molecular weight is 300 g/mol. The van der Waals surface area contributed by atoms with Gasteiger partial charge in [-0.1, -0.05) is 6.92 Å². The third-order valence-electron chi connectivity index (χ3n) is 4.63. The van der Waals surface area contributed by atoms with E-state index in [1.807, 2.05) is 31.9 Å². The first-order valence-corrected chi connectivity index (χ1v) is 8.07. The van der Waals surface area contributed by atoms with E-state index in [4.69, 9.17) is 0 Å². The van der Waals surface area contributed by atoms with Crippen LogP contribution in [0.1, 0.15) is 47.9 Å². The summed E-state index contributed by atoms with van der Waals surface area (Å²) in [6.07, 6.45) is 3.39. The van der Waals surface area contributed by atoms with Gasteiger partial charge in [-0.05, 0) is 45.1 Å². The maximum absolute atomic E-state index is 13.0. The Hall–Kier alpha value is -1.91. The van der Waals surface area contributed by atoms with Crippen molar-refractivity contribution in [3.63, 3.8) is 0 Å². The van der Waals surface area contributed by atoms with Gasteiger partial charge in [0.25, 0.3) is 5.91 Å². The van der Waals surface area contributed by atoms with Gasteiger partial charge in [-0.2, -0.15) is 5.10 Å². The molecular weight excluding hydrogens is 276 g/mol. The summed E-state index contributed by atoms with van der Waals surface area (Å²) in [4.78, 5) is 19.6. The monoisotopic (exact) mass is 300 g/mol. The van der Waals surface area contributed by atoms with Crippen molar-refractivity contribution in [2.24, 2.45) is 13.0 Å². The zero-order chi connectivity index (χ0) is 15.9. The van der Waals surface area contributed by atoms with E-state index in [1.54, 1.807) is 4.68 Å². The molecule has 0 radical (unpaired) electrons. The molecule has 1 amide bonds. The minimum atomic E-state index is 0.126. The number of rotatable bonds is 1. The second kappa shape index (κ2) is 5.71. The van der Waals surface area contributed by atoms with Crippen LogP contribution < -0.4 is 0 Å². The molecule has 1 fully saturated rings. The fourth-order valence-electron chi connectivity index (χ4n) is 3.38. The molecule has 0 bridgehead atoms. The molecule has 5 heteroatoms. The van der Waals surface area contributed by atoms with Gasteiger partial charge in [0.1, 0.15) is 0 Å². The maximum atomic E-state index is 13.0. The number of aryl methyl sites for hydroxylation is 3. The summed E-state index contributed by atoms with van der Waals surface area (Å²) in [6.45, 7) is 7.85. The first kappa shape index (κ1) is 15.0. The standard InChI is InChI=1S/C17H24N4O/c1-11-6-5-8-21(9-7-11)17(22)14-10-12(2)18-16-15(14)13(3)19-20(16)4/h10-11H,5-9H2,1-4H3/t11-/m1/s1. The van der Waals surface area contributed by atoms with Crippen LogP contribution in [0.5, 0.6) is 0 Å². The minimum absolute atomic E-state index is 0.126. The molecule has 0 aromatic carbocycles. The molecule has 118 valence electrons. The van der Waals surface area contributed by atoms with Crippen molar-refractivity contribution in [3.8, 4) is 0 Å². The molecule has 3 rings (SSSR count). The van der Waals surface area contributed by atoms with Crippen molar-refractivity contribution in [1.82, 2.24) is 19.7 Å². The summed E-state index contributed by atoms with van der Waals surface area (Å²) in [7, 11) is 1.88. The van der Waals surface area contributed by atoms with E-state index in [9.17, 15) is 4.79 Å². The van der Waals surface area contributed by atoms with E-state index in [-0.39, 0.29) is 5.91 Å². The number of nitrogens with zero attached hydrogens (tertiary/aromatic N) is 4. The van der Waals surface area contributed by atoms with E-state index in [1.165, 1.54) is 6.42 Å². The molecule has 3 heterocycles. The molecule has 0 aliphatic carbocycles. The molecule has 0 spiro atoms. The highest BCUT2D eigenvalue weighted by atomic mass is 16.2. The van der Waals surface area contributed by atoms with E-state index in [0.29, 0.717) is 5.92 Å². The molecule has 1 aliphatic rings. The minimum Gasteiger partial charge on any atom is -0.339 e. The summed E-state index contributed by atoms with van der Waals surface area (Å²) in [5, 5.41) is 5.33. The highest BCUT2D eigenvalue weighted by molar-refractivity contribution is 6.06. The Kier molecular flexibility index (Phi) is 3.89. The number of likely N-dealkylation sites (tertiary alicyclic amines) is 1. The molecule has 1 saturated heterocycles. The normalized spacial score (nSPS) is 19.5. The number of amides is 1. The third-order valence-corrected chi connectivity index (χ3v) is 4.63. The van der Waals surface area contributed by atoms with Gasteiger partial charge in [-0.3, -0.25) is 9.48 Å². The van der Waals surface area contributed by atoms with Crippen molar-refractivity contribution in [2.45, 2.75) is 40.0 Å². The molecule has 1 atom stereocenters. The molecule has 22 heavy (non-hydrogen) atoms.